The zero-order valence-electron chi connectivity index (χ0n) is 17.7. The van der Waals surface area contributed by atoms with Crippen LogP contribution in [0, 0.1) is 0 Å². The molecule has 0 spiro atoms. The Morgan fingerprint density at radius 1 is 1.16 bits per heavy atom. The van der Waals surface area contributed by atoms with E-state index in [2.05, 4.69) is 10.3 Å². The van der Waals surface area contributed by atoms with Crippen LogP contribution in [-0.4, -0.2) is 40.8 Å². The Morgan fingerprint density at radius 2 is 1.94 bits per heavy atom. The number of fused-ring (bicyclic) bond motifs is 2. The van der Waals surface area contributed by atoms with Gasteiger partial charge in [-0.1, -0.05) is 37.5 Å². The molecule has 32 heavy (non-hydrogen) atoms. The van der Waals surface area contributed by atoms with Crippen LogP contribution < -0.4 is 5.32 Å². The molecule has 8 heteroatoms. The highest BCUT2D eigenvalue weighted by Crippen LogP contribution is 2.35. The minimum atomic E-state index is -0.501. The topological polar surface area (TPSA) is 88.6 Å². The molecule has 1 N–H and O–H groups in total. The maximum Gasteiger partial charge on any atom is 0.350 e. The van der Waals surface area contributed by atoms with Gasteiger partial charge in [0.25, 0.3) is 11.8 Å². The average Bonchev–Trinajstić information content (AvgIpc) is 3.42. The molecule has 2 amide bonds. The van der Waals surface area contributed by atoms with Crippen molar-refractivity contribution in [2.45, 2.75) is 44.7 Å². The van der Waals surface area contributed by atoms with Crippen molar-refractivity contribution in [3.63, 3.8) is 0 Å². The quantitative estimate of drug-likeness (QED) is 0.587. The first-order valence-corrected chi connectivity index (χ1v) is 11.7. The Bertz CT molecular complexity index is 1230. The Kier molecular flexibility index (Phi) is 5.38. The fourth-order valence-corrected chi connectivity index (χ4v) is 5.52. The molecule has 1 aromatic carbocycles. The molecule has 3 heterocycles. The van der Waals surface area contributed by atoms with Crippen LogP contribution in [0.4, 0.5) is 5.69 Å². The first kappa shape index (κ1) is 20.6. The number of anilines is 1. The van der Waals surface area contributed by atoms with Gasteiger partial charge < -0.3 is 15.0 Å². The molecule has 0 unspecified atom stereocenters. The number of hydrogen-bond acceptors (Lipinski definition) is 6. The number of amides is 2. The molecule has 1 fully saturated rings. The molecule has 2 aliphatic rings. The maximum absolute atomic E-state index is 13.5. The van der Waals surface area contributed by atoms with Crippen molar-refractivity contribution >= 4 is 45.7 Å². The third-order valence-electron chi connectivity index (χ3n) is 6.31. The second-order valence-corrected chi connectivity index (χ2v) is 9.08. The number of pyridine rings is 1. The molecule has 7 nitrogen and oxygen atoms in total. The number of aromatic nitrogens is 1. The van der Waals surface area contributed by atoms with Gasteiger partial charge in [-0.15, -0.1) is 11.3 Å². The summed E-state index contributed by atoms with van der Waals surface area (Å²) in [5.74, 6) is -0.960. The Labute approximate surface area is 189 Å². The minimum Gasteiger partial charge on any atom is -0.465 e. The highest BCUT2D eigenvalue weighted by Gasteiger charge is 2.38. The normalized spacial score (nSPS) is 16.3. The summed E-state index contributed by atoms with van der Waals surface area (Å²) in [7, 11) is 1.31. The largest absolute Gasteiger partial charge is 0.465 e. The highest BCUT2D eigenvalue weighted by molar-refractivity contribution is 7.12. The van der Waals surface area contributed by atoms with Crippen molar-refractivity contribution in [2.75, 3.05) is 12.4 Å². The van der Waals surface area contributed by atoms with Gasteiger partial charge in [0, 0.05) is 23.5 Å². The maximum atomic E-state index is 13.5. The zero-order valence-corrected chi connectivity index (χ0v) is 18.5. The number of thiophene rings is 1. The van der Waals surface area contributed by atoms with Crippen molar-refractivity contribution < 1.29 is 19.1 Å². The lowest BCUT2D eigenvalue weighted by atomic mass is 9.94. The lowest BCUT2D eigenvalue weighted by Crippen LogP contribution is -2.37. The molecular formula is C24H23N3O4S. The molecule has 1 aliphatic carbocycles. The van der Waals surface area contributed by atoms with Crippen molar-refractivity contribution in [3.8, 4) is 0 Å². The van der Waals surface area contributed by atoms with Gasteiger partial charge in [-0.25, -0.2) is 9.78 Å². The fourth-order valence-electron chi connectivity index (χ4n) is 4.75. The SMILES string of the molecule is COC(=O)c1sccc1NC(=O)c1c2c(nc3ccccc13)C(=O)N(C1CCCCC1)C2. The number of rotatable bonds is 4. The third-order valence-corrected chi connectivity index (χ3v) is 7.21. The van der Waals surface area contributed by atoms with E-state index >= 15 is 0 Å². The van der Waals surface area contributed by atoms with Crippen LogP contribution in [0.2, 0.25) is 0 Å². The molecule has 3 aromatic rings. The molecule has 0 bridgehead atoms. The summed E-state index contributed by atoms with van der Waals surface area (Å²) in [6.07, 6.45) is 5.39. The monoisotopic (exact) mass is 449 g/mol. The second kappa shape index (κ2) is 8.35. The van der Waals surface area contributed by atoms with E-state index in [0.29, 0.717) is 44.8 Å². The first-order chi connectivity index (χ1) is 15.6. The summed E-state index contributed by atoms with van der Waals surface area (Å²) in [6, 6.07) is 9.22. The number of carbonyl (C=O) groups is 3. The number of hydrogen-bond donors (Lipinski definition) is 1. The zero-order chi connectivity index (χ0) is 22.2. The summed E-state index contributed by atoms with van der Waals surface area (Å²) in [5, 5.41) is 5.29. The predicted molar refractivity (Wildman–Crippen MR) is 122 cm³/mol. The molecule has 0 saturated heterocycles. The molecule has 0 atom stereocenters. The molecular weight excluding hydrogens is 426 g/mol. The van der Waals surface area contributed by atoms with Gasteiger partial charge in [0.05, 0.1) is 23.9 Å². The van der Waals surface area contributed by atoms with Gasteiger partial charge in [-0.05, 0) is 30.4 Å². The van der Waals surface area contributed by atoms with Gasteiger partial charge in [0.1, 0.15) is 10.6 Å². The van der Waals surface area contributed by atoms with E-state index in [9.17, 15) is 14.4 Å². The number of ether oxygens (including phenoxy) is 1. The molecule has 0 radical (unpaired) electrons. The Hall–Kier alpha value is -3.26. The van der Waals surface area contributed by atoms with Gasteiger partial charge in [0.2, 0.25) is 0 Å². The van der Waals surface area contributed by atoms with E-state index in [4.69, 9.17) is 4.74 Å². The number of carbonyl (C=O) groups excluding carboxylic acids is 3. The predicted octanol–water partition coefficient (Wildman–Crippen LogP) is 4.62. The summed E-state index contributed by atoms with van der Waals surface area (Å²) in [4.78, 5) is 45.7. The van der Waals surface area contributed by atoms with Gasteiger partial charge in [-0.3, -0.25) is 9.59 Å². The fraction of sp³-hybridized carbons (Fsp3) is 0.333. The van der Waals surface area contributed by atoms with Gasteiger partial charge >= 0.3 is 5.97 Å². The van der Waals surface area contributed by atoms with Gasteiger partial charge in [0.15, 0.2) is 0 Å². The van der Waals surface area contributed by atoms with Crippen LogP contribution in [0.15, 0.2) is 35.7 Å². The summed E-state index contributed by atoms with van der Waals surface area (Å²) in [6.45, 7) is 0.382. The minimum absolute atomic E-state index is 0.0995. The van der Waals surface area contributed by atoms with Crippen LogP contribution >= 0.6 is 11.3 Å². The Morgan fingerprint density at radius 3 is 2.72 bits per heavy atom. The average molecular weight is 450 g/mol. The van der Waals surface area contributed by atoms with Crippen molar-refractivity contribution in [1.82, 2.24) is 9.88 Å². The summed E-state index contributed by atoms with van der Waals surface area (Å²) < 4.78 is 4.82. The smallest absolute Gasteiger partial charge is 0.350 e. The number of nitrogens with zero attached hydrogens (tertiary/aromatic N) is 2. The first-order valence-electron chi connectivity index (χ1n) is 10.8. The van der Waals surface area contributed by atoms with Crippen molar-refractivity contribution in [3.05, 3.63) is 57.4 Å². The Balaban J connectivity index is 1.57. The van der Waals surface area contributed by atoms with Crippen LogP contribution in [0.3, 0.4) is 0 Å². The lowest BCUT2D eigenvalue weighted by Gasteiger charge is -2.30. The molecule has 164 valence electrons. The van der Waals surface area contributed by atoms with E-state index in [1.165, 1.54) is 24.9 Å². The van der Waals surface area contributed by atoms with Crippen molar-refractivity contribution in [2.24, 2.45) is 0 Å². The number of benzene rings is 1. The highest BCUT2D eigenvalue weighted by atomic mass is 32.1. The summed E-state index contributed by atoms with van der Waals surface area (Å²) >= 11 is 1.20. The third kappa shape index (κ3) is 3.44. The number of para-hydroxylation sites is 1. The molecule has 1 saturated carbocycles. The molecule has 2 aromatic heterocycles. The second-order valence-electron chi connectivity index (χ2n) is 8.17. The van der Waals surface area contributed by atoms with E-state index < -0.39 is 5.97 Å². The van der Waals surface area contributed by atoms with Crippen LogP contribution in [0.1, 0.15) is 68.2 Å². The van der Waals surface area contributed by atoms with Gasteiger partial charge in [-0.2, -0.15) is 0 Å². The number of nitrogens with one attached hydrogen (secondary N) is 1. The van der Waals surface area contributed by atoms with Crippen LogP contribution in [0.5, 0.6) is 0 Å². The van der Waals surface area contributed by atoms with E-state index in [1.54, 1.807) is 11.4 Å². The molecule has 1 aliphatic heterocycles. The summed E-state index contributed by atoms with van der Waals surface area (Å²) in [5.41, 5.74) is 2.47. The molecule has 5 rings (SSSR count). The number of esters is 1. The van der Waals surface area contributed by atoms with Crippen LogP contribution in [0.25, 0.3) is 10.9 Å². The van der Waals surface area contributed by atoms with E-state index in [1.807, 2.05) is 29.2 Å². The van der Waals surface area contributed by atoms with Crippen molar-refractivity contribution in [1.29, 1.82) is 0 Å². The van der Waals surface area contributed by atoms with E-state index in [-0.39, 0.29) is 17.9 Å². The van der Waals surface area contributed by atoms with Crippen LogP contribution in [-0.2, 0) is 11.3 Å². The number of methoxy groups -OCH3 is 1. The standard InChI is InChI=1S/C24H23N3O4S/c1-31-24(30)21-18(11-12-32-21)26-22(28)19-15-9-5-6-10-17(15)25-20-16(19)13-27(23(20)29)14-7-3-2-4-8-14/h5-6,9-12,14H,2-4,7-8,13H2,1H3,(H,26,28). The van der Waals surface area contributed by atoms with E-state index in [0.717, 1.165) is 25.7 Å². The lowest BCUT2D eigenvalue weighted by molar-refractivity contribution is 0.0606.